The Balaban J connectivity index is 1.22. The third-order valence-corrected chi connectivity index (χ3v) is 6.35. The molecule has 37 heavy (non-hydrogen) atoms. The molecule has 3 aromatic carbocycles. The molecule has 7 nitrogen and oxygen atoms in total. The van der Waals surface area contributed by atoms with Crippen LogP contribution in [0.2, 0.25) is 0 Å². The zero-order chi connectivity index (χ0) is 25.2. The van der Waals surface area contributed by atoms with Crippen LogP contribution in [0.15, 0.2) is 102 Å². The largest absolute Gasteiger partial charge is 0.454 e. The van der Waals surface area contributed by atoms with Crippen molar-refractivity contribution < 1.29 is 18.7 Å². The number of hydrogen-bond acceptors (Lipinski definition) is 5. The summed E-state index contributed by atoms with van der Waals surface area (Å²) < 4.78 is 13.0. The van der Waals surface area contributed by atoms with Crippen LogP contribution in [0.4, 0.5) is 5.69 Å². The number of furan rings is 1. The van der Waals surface area contributed by atoms with Gasteiger partial charge in [0.1, 0.15) is 11.3 Å². The van der Waals surface area contributed by atoms with E-state index < -0.39 is 5.97 Å². The van der Waals surface area contributed by atoms with Gasteiger partial charge in [-0.1, -0.05) is 54.6 Å². The molecule has 6 rings (SSSR count). The summed E-state index contributed by atoms with van der Waals surface area (Å²) in [4.78, 5) is 26.8. The average Bonchev–Trinajstić information content (AvgIpc) is 3.67. The first-order chi connectivity index (χ1) is 18.2. The third kappa shape index (κ3) is 4.54. The second kappa shape index (κ2) is 9.62. The van der Waals surface area contributed by atoms with Crippen LogP contribution in [-0.2, 0) is 20.7 Å². The Labute approximate surface area is 213 Å². The van der Waals surface area contributed by atoms with Crippen LogP contribution in [0.3, 0.4) is 0 Å². The van der Waals surface area contributed by atoms with E-state index in [-0.39, 0.29) is 12.5 Å². The SMILES string of the molecule is O=C(C=Cc1cn(-c2ccccc2)nc1-c1cc2ccccc2o1)OCC(=O)N1CCc2ccccc21. The zero-order valence-corrected chi connectivity index (χ0v) is 19.9. The average molecular weight is 490 g/mol. The highest BCUT2D eigenvalue weighted by Gasteiger charge is 2.24. The summed E-state index contributed by atoms with van der Waals surface area (Å²) in [6.45, 7) is 0.266. The van der Waals surface area contributed by atoms with E-state index in [0.29, 0.717) is 23.6 Å². The number of anilines is 1. The molecular formula is C30H23N3O4. The van der Waals surface area contributed by atoms with Gasteiger partial charge >= 0.3 is 5.97 Å². The molecule has 0 atom stereocenters. The van der Waals surface area contributed by atoms with Crippen LogP contribution < -0.4 is 4.90 Å². The molecule has 0 unspecified atom stereocenters. The van der Waals surface area contributed by atoms with Crippen LogP contribution >= 0.6 is 0 Å². The number of ether oxygens (including phenoxy) is 1. The topological polar surface area (TPSA) is 77.6 Å². The number of aromatic nitrogens is 2. The molecule has 0 aliphatic carbocycles. The van der Waals surface area contributed by atoms with Gasteiger partial charge < -0.3 is 14.1 Å². The van der Waals surface area contributed by atoms with Crippen molar-refractivity contribution in [3.8, 4) is 17.1 Å². The fourth-order valence-electron chi connectivity index (χ4n) is 4.53. The molecule has 3 heterocycles. The number of fused-ring (bicyclic) bond motifs is 2. The van der Waals surface area contributed by atoms with E-state index >= 15 is 0 Å². The van der Waals surface area contributed by atoms with E-state index in [1.165, 1.54) is 6.08 Å². The molecular weight excluding hydrogens is 466 g/mol. The molecule has 0 fully saturated rings. The molecule has 182 valence electrons. The van der Waals surface area contributed by atoms with Gasteiger partial charge in [0.05, 0.1) is 5.69 Å². The van der Waals surface area contributed by atoms with Crippen molar-refractivity contribution in [2.75, 3.05) is 18.1 Å². The van der Waals surface area contributed by atoms with Gasteiger partial charge in [0, 0.05) is 35.5 Å². The van der Waals surface area contributed by atoms with Crippen LogP contribution in [0.5, 0.6) is 0 Å². The molecule has 0 bridgehead atoms. The highest BCUT2D eigenvalue weighted by Crippen LogP contribution is 2.31. The lowest BCUT2D eigenvalue weighted by Crippen LogP contribution is -2.33. The maximum atomic E-state index is 12.7. The number of benzene rings is 3. The molecule has 0 saturated heterocycles. The number of rotatable bonds is 6. The summed E-state index contributed by atoms with van der Waals surface area (Å²) in [5, 5.41) is 5.69. The van der Waals surface area contributed by atoms with Crippen molar-refractivity contribution in [2.45, 2.75) is 6.42 Å². The van der Waals surface area contributed by atoms with Gasteiger partial charge in [-0.05, 0) is 48.4 Å². The third-order valence-electron chi connectivity index (χ3n) is 6.35. The Kier molecular flexibility index (Phi) is 5.86. The summed E-state index contributed by atoms with van der Waals surface area (Å²) in [6, 6.07) is 27.1. The maximum absolute atomic E-state index is 12.7. The van der Waals surface area contributed by atoms with E-state index in [2.05, 4.69) is 0 Å². The Bertz CT molecular complexity index is 1600. The van der Waals surface area contributed by atoms with Gasteiger partial charge in [-0.15, -0.1) is 0 Å². The molecule has 0 spiro atoms. The molecule has 7 heteroatoms. The minimum absolute atomic E-state index is 0.244. The number of carbonyl (C=O) groups is 2. The van der Waals surface area contributed by atoms with E-state index in [4.69, 9.17) is 14.3 Å². The first kappa shape index (κ1) is 22.5. The number of para-hydroxylation sites is 3. The monoisotopic (exact) mass is 489 g/mol. The molecule has 1 aliphatic heterocycles. The van der Waals surface area contributed by atoms with Crippen molar-refractivity contribution in [2.24, 2.45) is 0 Å². The quantitative estimate of drug-likeness (QED) is 0.235. The number of esters is 1. The maximum Gasteiger partial charge on any atom is 0.331 e. The van der Waals surface area contributed by atoms with Gasteiger partial charge in [-0.3, -0.25) is 4.79 Å². The Morgan fingerprint density at radius 1 is 0.973 bits per heavy atom. The predicted molar refractivity (Wildman–Crippen MR) is 141 cm³/mol. The minimum atomic E-state index is -0.608. The second-order valence-electron chi connectivity index (χ2n) is 8.73. The van der Waals surface area contributed by atoms with Crippen LogP contribution in [0.25, 0.3) is 34.2 Å². The molecule has 0 saturated carbocycles. The van der Waals surface area contributed by atoms with Crippen molar-refractivity contribution in [3.05, 3.63) is 108 Å². The van der Waals surface area contributed by atoms with Crippen molar-refractivity contribution in [3.63, 3.8) is 0 Å². The normalized spacial score (nSPS) is 12.8. The Morgan fingerprint density at radius 2 is 1.76 bits per heavy atom. The molecule has 1 aliphatic rings. The van der Waals surface area contributed by atoms with E-state index in [1.54, 1.807) is 15.7 Å². The number of nitrogens with zero attached hydrogens (tertiary/aromatic N) is 3. The zero-order valence-electron chi connectivity index (χ0n) is 19.9. The highest BCUT2D eigenvalue weighted by atomic mass is 16.5. The molecule has 0 radical (unpaired) electrons. The van der Waals surface area contributed by atoms with Gasteiger partial charge in [0.2, 0.25) is 0 Å². The standard InChI is InChI=1S/C30H23N3O4/c34-28(32-17-16-21-8-4-6-12-25(21)32)20-36-29(35)15-14-23-19-33(24-10-2-1-3-11-24)31-30(23)27-18-22-9-5-7-13-26(22)37-27/h1-15,18-19H,16-17,20H2. The van der Waals surface area contributed by atoms with Crippen molar-refractivity contribution in [1.29, 1.82) is 0 Å². The smallest absolute Gasteiger partial charge is 0.331 e. The summed E-state index contributed by atoms with van der Waals surface area (Å²) in [5.74, 6) is -0.262. The van der Waals surface area contributed by atoms with Crippen molar-refractivity contribution in [1.82, 2.24) is 9.78 Å². The Morgan fingerprint density at radius 3 is 2.62 bits per heavy atom. The summed E-state index contributed by atoms with van der Waals surface area (Å²) in [6.07, 6.45) is 5.57. The molecule has 2 aromatic heterocycles. The van der Waals surface area contributed by atoms with Gasteiger partial charge in [-0.25, -0.2) is 9.48 Å². The lowest BCUT2D eigenvalue weighted by Gasteiger charge is -2.16. The number of amides is 1. The van der Waals surface area contributed by atoms with Gasteiger partial charge in [0.15, 0.2) is 12.4 Å². The molecule has 5 aromatic rings. The Hall–Kier alpha value is -4.91. The fraction of sp³-hybridized carbons (Fsp3) is 0.100. The second-order valence-corrected chi connectivity index (χ2v) is 8.73. The summed E-state index contributed by atoms with van der Waals surface area (Å²) in [7, 11) is 0. The van der Waals surface area contributed by atoms with Crippen LogP contribution in [0.1, 0.15) is 11.1 Å². The van der Waals surface area contributed by atoms with Crippen molar-refractivity contribution >= 4 is 34.6 Å². The summed E-state index contributed by atoms with van der Waals surface area (Å²) >= 11 is 0. The molecule has 0 N–H and O–H groups in total. The van der Waals surface area contributed by atoms with Crippen LogP contribution in [0, 0.1) is 0 Å². The fourth-order valence-corrected chi connectivity index (χ4v) is 4.53. The van der Waals surface area contributed by atoms with E-state index in [1.807, 2.05) is 91.1 Å². The van der Waals surface area contributed by atoms with Gasteiger partial charge in [-0.2, -0.15) is 5.10 Å². The van der Waals surface area contributed by atoms with Crippen LogP contribution in [-0.4, -0.2) is 34.8 Å². The minimum Gasteiger partial charge on any atom is -0.454 e. The lowest BCUT2D eigenvalue weighted by molar-refractivity contribution is -0.142. The highest BCUT2D eigenvalue weighted by molar-refractivity contribution is 5.98. The van der Waals surface area contributed by atoms with E-state index in [9.17, 15) is 9.59 Å². The first-order valence-electron chi connectivity index (χ1n) is 12.0. The first-order valence-corrected chi connectivity index (χ1v) is 12.0. The number of carbonyl (C=O) groups excluding carboxylic acids is 2. The van der Waals surface area contributed by atoms with Gasteiger partial charge in [0.25, 0.3) is 5.91 Å². The molecule has 1 amide bonds. The van der Waals surface area contributed by atoms with E-state index in [0.717, 1.165) is 34.3 Å². The number of hydrogen-bond donors (Lipinski definition) is 0. The lowest BCUT2D eigenvalue weighted by atomic mass is 10.2. The summed E-state index contributed by atoms with van der Waals surface area (Å²) in [5.41, 5.74) is 4.90. The predicted octanol–water partition coefficient (Wildman–Crippen LogP) is 5.43.